The van der Waals surface area contributed by atoms with Crippen molar-refractivity contribution in [3.63, 3.8) is 0 Å². The van der Waals surface area contributed by atoms with Gasteiger partial charge in [-0.2, -0.15) is 0 Å². The van der Waals surface area contributed by atoms with Crippen molar-refractivity contribution in [2.24, 2.45) is 7.05 Å². The number of hydrogen-bond acceptors (Lipinski definition) is 6. The van der Waals surface area contributed by atoms with E-state index in [9.17, 15) is 14.5 Å². The molecule has 8 nitrogen and oxygen atoms in total. The first kappa shape index (κ1) is 19.2. The zero-order valence-corrected chi connectivity index (χ0v) is 15.7. The number of aryl methyl sites for hydroxylation is 1. The highest BCUT2D eigenvalue weighted by Crippen LogP contribution is 2.42. The van der Waals surface area contributed by atoms with Gasteiger partial charge in [-0.1, -0.05) is 0 Å². The van der Waals surface area contributed by atoms with Gasteiger partial charge in [0.25, 0.3) is 0 Å². The number of ether oxygens (including phenoxy) is 3. The molecule has 0 fully saturated rings. The van der Waals surface area contributed by atoms with Crippen LogP contribution in [0.5, 0.6) is 17.2 Å². The molecule has 28 heavy (non-hydrogen) atoms. The van der Waals surface area contributed by atoms with Gasteiger partial charge < -0.3 is 18.8 Å². The zero-order valence-electron chi connectivity index (χ0n) is 15.7. The van der Waals surface area contributed by atoms with Crippen molar-refractivity contribution in [1.82, 2.24) is 9.55 Å². The van der Waals surface area contributed by atoms with E-state index in [1.165, 1.54) is 39.5 Å². The highest BCUT2D eigenvalue weighted by molar-refractivity contribution is 5.82. The second kappa shape index (κ2) is 7.55. The van der Waals surface area contributed by atoms with Crippen LogP contribution < -0.4 is 14.2 Å². The van der Waals surface area contributed by atoms with Crippen molar-refractivity contribution in [1.29, 1.82) is 0 Å². The van der Waals surface area contributed by atoms with Crippen molar-refractivity contribution < 1.29 is 23.5 Å². The summed E-state index contributed by atoms with van der Waals surface area (Å²) in [4.78, 5) is 15.3. The van der Waals surface area contributed by atoms with Crippen LogP contribution in [0.1, 0.15) is 0 Å². The number of benzene rings is 2. The molecule has 3 rings (SSSR count). The predicted molar refractivity (Wildman–Crippen MR) is 100 cm³/mol. The van der Waals surface area contributed by atoms with Crippen molar-refractivity contribution in [3.05, 3.63) is 52.6 Å². The lowest BCUT2D eigenvalue weighted by Gasteiger charge is -2.12. The molecule has 146 valence electrons. The minimum atomic E-state index is -0.555. The molecule has 0 aliphatic heterocycles. The lowest BCUT2D eigenvalue weighted by molar-refractivity contribution is -0.385. The van der Waals surface area contributed by atoms with Crippen LogP contribution >= 0.6 is 0 Å². The van der Waals surface area contributed by atoms with E-state index in [0.717, 1.165) is 0 Å². The summed E-state index contributed by atoms with van der Waals surface area (Å²) < 4.78 is 31.3. The Morgan fingerprint density at radius 1 is 1.04 bits per heavy atom. The molecule has 0 unspecified atom stereocenters. The molecule has 2 aromatic carbocycles. The number of aromatic nitrogens is 2. The number of hydrogen-bond donors (Lipinski definition) is 0. The maximum atomic E-state index is 14.2. The topological polar surface area (TPSA) is 88.7 Å². The normalized spacial score (nSPS) is 10.6. The van der Waals surface area contributed by atoms with Crippen molar-refractivity contribution in [2.45, 2.75) is 0 Å². The largest absolute Gasteiger partial charge is 0.494 e. The number of imidazole rings is 1. The molecule has 3 aromatic rings. The Bertz CT molecular complexity index is 1050. The average molecular weight is 387 g/mol. The fraction of sp³-hybridized carbons (Fsp3) is 0.211. The van der Waals surface area contributed by atoms with Gasteiger partial charge in [-0.05, 0) is 24.3 Å². The summed E-state index contributed by atoms with van der Waals surface area (Å²) in [5.74, 6) is -0.187. The number of nitrogens with zero attached hydrogens (tertiary/aromatic N) is 3. The SMILES string of the molecule is COc1ccc(-c2c(-c3cc(OC)c(OC)c([N+](=O)[O-])c3)ncn2C)cc1F. The summed E-state index contributed by atoms with van der Waals surface area (Å²) in [5, 5.41) is 11.5. The van der Waals surface area contributed by atoms with Gasteiger partial charge in [-0.3, -0.25) is 10.1 Å². The van der Waals surface area contributed by atoms with Crippen LogP contribution in [0.25, 0.3) is 22.5 Å². The summed E-state index contributed by atoms with van der Waals surface area (Å²) in [6, 6.07) is 7.48. The van der Waals surface area contributed by atoms with Gasteiger partial charge in [0, 0.05) is 24.2 Å². The second-order valence-electron chi connectivity index (χ2n) is 5.89. The molecule has 0 spiro atoms. The Balaban J connectivity index is 2.23. The molecule has 1 heterocycles. The zero-order chi connectivity index (χ0) is 20.4. The fourth-order valence-electron chi connectivity index (χ4n) is 3.01. The summed E-state index contributed by atoms with van der Waals surface area (Å²) >= 11 is 0. The van der Waals surface area contributed by atoms with Gasteiger partial charge in [0.1, 0.15) is 0 Å². The maximum Gasteiger partial charge on any atom is 0.315 e. The van der Waals surface area contributed by atoms with E-state index in [4.69, 9.17) is 14.2 Å². The Morgan fingerprint density at radius 2 is 1.75 bits per heavy atom. The Kier molecular flexibility index (Phi) is 5.16. The van der Waals surface area contributed by atoms with Gasteiger partial charge >= 0.3 is 5.69 Å². The third kappa shape index (κ3) is 3.22. The van der Waals surface area contributed by atoms with E-state index < -0.39 is 10.7 Å². The maximum absolute atomic E-state index is 14.2. The number of nitro benzene ring substituents is 1. The molecule has 9 heteroatoms. The van der Waals surface area contributed by atoms with Gasteiger partial charge in [0.05, 0.1) is 44.0 Å². The van der Waals surface area contributed by atoms with Crippen LogP contribution in [-0.4, -0.2) is 35.8 Å². The molecule has 0 N–H and O–H groups in total. The lowest BCUT2D eigenvalue weighted by atomic mass is 10.0. The fourth-order valence-corrected chi connectivity index (χ4v) is 3.01. The van der Waals surface area contributed by atoms with Crippen molar-refractivity contribution in [3.8, 4) is 39.8 Å². The monoisotopic (exact) mass is 387 g/mol. The molecule has 0 radical (unpaired) electrons. The van der Waals surface area contributed by atoms with Crippen LogP contribution in [0.4, 0.5) is 10.1 Å². The van der Waals surface area contributed by atoms with Gasteiger partial charge in [-0.25, -0.2) is 9.37 Å². The number of rotatable bonds is 6. The summed E-state index contributed by atoms with van der Waals surface area (Å²) in [7, 11) is 5.86. The van der Waals surface area contributed by atoms with Crippen LogP contribution in [0, 0.1) is 15.9 Å². The third-order valence-corrected chi connectivity index (χ3v) is 4.29. The first-order valence-electron chi connectivity index (χ1n) is 8.17. The van der Waals surface area contributed by atoms with E-state index in [1.54, 1.807) is 30.1 Å². The van der Waals surface area contributed by atoms with E-state index in [-0.39, 0.29) is 22.9 Å². The van der Waals surface area contributed by atoms with E-state index in [2.05, 4.69) is 4.98 Å². The average Bonchev–Trinajstić information content (AvgIpc) is 3.08. The molecule has 0 aliphatic carbocycles. The van der Waals surface area contributed by atoms with Crippen LogP contribution in [-0.2, 0) is 7.05 Å². The standard InChI is InChI=1S/C19H18FN3O5/c1-22-10-21-17(18(22)11-5-6-15(26-2)13(20)7-11)12-8-14(23(24)25)19(28-4)16(9-12)27-3/h5-10H,1-4H3. The van der Waals surface area contributed by atoms with Crippen LogP contribution in [0.2, 0.25) is 0 Å². The number of methoxy groups -OCH3 is 3. The smallest absolute Gasteiger partial charge is 0.315 e. The minimum Gasteiger partial charge on any atom is -0.494 e. The first-order chi connectivity index (χ1) is 13.4. The molecule has 0 saturated heterocycles. The molecule has 0 amide bonds. The summed E-state index contributed by atoms with van der Waals surface area (Å²) in [6.07, 6.45) is 1.55. The second-order valence-corrected chi connectivity index (χ2v) is 5.89. The van der Waals surface area contributed by atoms with E-state index in [1.807, 2.05) is 0 Å². The number of nitro groups is 1. The van der Waals surface area contributed by atoms with Crippen molar-refractivity contribution in [2.75, 3.05) is 21.3 Å². The van der Waals surface area contributed by atoms with E-state index in [0.29, 0.717) is 22.5 Å². The van der Waals surface area contributed by atoms with E-state index >= 15 is 0 Å². The molecule has 0 bridgehead atoms. The third-order valence-electron chi connectivity index (χ3n) is 4.29. The molecular weight excluding hydrogens is 369 g/mol. The quantitative estimate of drug-likeness (QED) is 0.472. The highest BCUT2D eigenvalue weighted by Gasteiger charge is 2.24. The highest BCUT2D eigenvalue weighted by atomic mass is 19.1. The Labute approximate surface area is 160 Å². The molecule has 0 aliphatic rings. The Hall–Kier alpha value is -3.62. The van der Waals surface area contributed by atoms with Gasteiger partial charge in [-0.15, -0.1) is 0 Å². The van der Waals surface area contributed by atoms with Crippen molar-refractivity contribution >= 4 is 5.69 Å². The molecule has 0 atom stereocenters. The summed E-state index contributed by atoms with van der Waals surface area (Å²) in [5.41, 5.74) is 1.76. The Morgan fingerprint density at radius 3 is 2.32 bits per heavy atom. The number of halogens is 1. The molecule has 0 saturated carbocycles. The summed E-state index contributed by atoms with van der Waals surface area (Å²) in [6.45, 7) is 0. The molecular formula is C19H18FN3O5. The molecule has 1 aromatic heterocycles. The predicted octanol–water partition coefficient (Wildman–Crippen LogP) is 3.83. The van der Waals surface area contributed by atoms with Gasteiger partial charge in [0.2, 0.25) is 5.75 Å². The van der Waals surface area contributed by atoms with Crippen LogP contribution in [0.3, 0.4) is 0 Å². The van der Waals surface area contributed by atoms with Gasteiger partial charge in [0.15, 0.2) is 17.3 Å². The van der Waals surface area contributed by atoms with Crippen LogP contribution in [0.15, 0.2) is 36.7 Å². The first-order valence-corrected chi connectivity index (χ1v) is 8.17. The lowest BCUT2D eigenvalue weighted by Crippen LogP contribution is -1.99. The minimum absolute atomic E-state index is 0.0178.